The molecule has 1 unspecified atom stereocenters. The van der Waals surface area contributed by atoms with Gasteiger partial charge < -0.3 is 10.4 Å². The van der Waals surface area contributed by atoms with E-state index in [2.05, 4.69) is 0 Å². The molecular formula is C14H9ClF3N3O4. The van der Waals surface area contributed by atoms with E-state index in [1.807, 2.05) is 0 Å². The van der Waals surface area contributed by atoms with Crippen molar-refractivity contribution in [3.63, 3.8) is 0 Å². The number of hydrogen-bond donors (Lipinski definition) is 3. The molecule has 0 fully saturated rings. The maximum atomic E-state index is 13.2. The number of rotatable bonds is 2. The second kappa shape index (κ2) is 5.46. The van der Waals surface area contributed by atoms with Gasteiger partial charge in [0.15, 0.2) is 0 Å². The van der Waals surface area contributed by atoms with Gasteiger partial charge in [-0.15, -0.1) is 0 Å². The highest BCUT2D eigenvalue weighted by atomic mass is 35.5. The fourth-order valence-electron chi connectivity index (χ4n) is 2.57. The molecule has 2 aromatic rings. The zero-order chi connectivity index (χ0) is 18.6. The fraction of sp³-hybridized carbons (Fsp3) is 0.214. The van der Waals surface area contributed by atoms with Crippen LogP contribution in [0.25, 0.3) is 0 Å². The number of aromatic amines is 1. The number of carbonyl (C=O) groups is 1. The van der Waals surface area contributed by atoms with Crippen LogP contribution >= 0.6 is 11.6 Å². The van der Waals surface area contributed by atoms with Crippen LogP contribution in [0.5, 0.6) is 0 Å². The van der Waals surface area contributed by atoms with E-state index < -0.39 is 40.3 Å². The minimum Gasteiger partial charge on any atom is -0.368 e. The van der Waals surface area contributed by atoms with Crippen molar-refractivity contribution in [1.29, 1.82) is 0 Å². The summed E-state index contributed by atoms with van der Waals surface area (Å²) in [6.07, 6.45) is -5.46. The number of nitrogens with one attached hydrogen (secondary N) is 2. The average molecular weight is 376 g/mol. The van der Waals surface area contributed by atoms with Crippen LogP contribution in [-0.4, -0.2) is 26.7 Å². The van der Waals surface area contributed by atoms with Crippen molar-refractivity contribution in [2.45, 2.75) is 18.3 Å². The summed E-state index contributed by atoms with van der Waals surface area (Å²) in [5.41, 5.74) is -7.54. The molecule has 0 radical (unpaired) electrons. The first kappa shape index (κ1) is 17.2. The molecule has 0 aliphatic carbocycles. The van der Waals surface area contributed by atoms with Crippen molar-refractivity contribution in [3.05, 3.63) is 61.3 Å². The molecule has 1 aliphatic rings. The molecule has 2 heterocycles. The number of anilines is 1. The van der Waals surface area contributed by atoms with Gasteiger partial charge in [-0.05, 0) is 11.6 Å². The number of benzene rings is 1. The SMILES string of the molecule is O=C1Nc2c(c(=O)[nH]c(=O)n2Cc2ccccc2Cl)C1(O)C(F)(F)F. The highest BCUT2D eigenvalue weighted by Crippen LogP contribution is 2.44. The predicted molar refractivity (Wildman–Crippen MR) is 80.5 cm³/mol. The first-order valence-electron chi connectivity index (χ1n) is 6.79. The predicted octanol–water partition coefficient (Wildman–Crippen LogP) is 0.940. The Morgan fingerprint density at radius 1 is 1.20 bits per heavy atom. The summed E-state index contributed by atoms with van der Waals surface area (Å²) in [5, 5.41) is 11.9. The Morgan fingerprint density at radius 2 is 1.84 bits per heavy atom. The van der Waals surface area contributed by atoms with Crippen LogP contribution in [0.3, 0.4) is 0 Å². The Kier molecular flexibility index (Phi) is 3.77. The number of aliphatic hydroxyl groups is 1. The number of H-pyrrole nitrogens is 1. The van der Waals surface area contributed by atoms with Crippen LogP contribution in [0.1, 0.15) is 11.1 Å². The number of carbonyl (C=O) groups excluding carboxylic acids is 1. The molecule has 0 bridgehead atoms. The first-order valence-corrected chi connectivity index (χ1v) is 7.16. The summed E-state index contributed by atoms with van der Waals surface area (Å²) < 4.78 is 40.3. The number of nitrogens with zero attached hydrogens (tertiary/aromatic N) is 1. The number of amides is 1. The summed E-state index contributed by atoms with van der Waals surface area (Å²) in [4.78, 5) is 37.3. The molecule has 3 rings (SSSR count). The van der Waals surface area contributed by atoms with Gasteiger partial charge >= 0.3 is 11.9 Å². The molecule has 11 heteroatoms. The maximum absolute atomic E-state index is 13.2. The molecule has 0 spiro atoms. The molecule has 7 nitrogen and oxygen atoms in total. The van der Waals surface area contributed by atoms with Crippen LogP contribution in [0.4, 0.5) is 19.0 Å². The van der Waals surface area contributed by atoms with E-state index >= 15 is 0 Å². The monoisotopic (exact) mass is 375 g/mol. The Bertz CT molecular complexity index is 998. The van der Waals surface area contributed by atoms with Crippen molar-refractivity contribution in [3.8, 4) is 0 Å². The Hall–Kier alpha value is -2.59. The van der Waals surface area contributed by atoms with Crippen molar-refractivity contribution in [1.82, 2.24) is 9.55 Å². The highest BCUT2D eigenvalue weighted by molar-refractivity contribution is 6.31. The largest absolute Gasteiger partial charge is 0.431 e. The summed E-state index contributed by atoms with van der Waals surface area (Å²) in [6.45, 7) is -0.328. The third-order valence-corrected chi connectivity index (χ3v) is 4.19. The molecule has 0 saturated heterocycles. The Balaban J connectivity index is 2.26. The second-order valence-electron chi connectivity index (χ2n) is 5.32. The Labute approximate surface area is 141 Å². The molecule has 1 aromatic heterocycles. The van der Waals surface area contributed by atoms with Crippen LogP contribution in [0.15, 0.2) is 33.9 Å². The summed E-state index contributed by atoms with van der Waals surface area (Å²) in [6, 6.07) is 6.20. The topological polar surface area (TPSA) is 104 Å². The van der Waals surface area contributed by atoms with Crippen molar-refractivity contribution in [2.75, 3.05) is 5.32 Å². The standard InChI is InChI=1S/C14H9ClF3N3O4/c15-7-4-2-1-3-6(7)5-21-9-8(10(22)20-12(21)24)13(25,11(23)19-9)14(16,17)18/h1-4,25H,5H2,(H,19,23)(H,20,22,24). The number of halogens is 4. The van der Waals surface area contributed by atoms with Gasteiger partial charge in [-0.3, -0.25) is 19.1 Å². The van der Waals surface area contributed by atoms with Gasteiger partial charge in [0.1, 0.15) is 11.4 Å². The third-order valence-electron chi connectivity index (χ3n) is 3.82. The number of fused-ring (bicyclic) bond motifs is 1. The van der Waals surface area contributed by atoms with E-state index in [4.69, 9.17) is 11.6 Å². The number of alkyl halides is 3. The summed E-state index contributed by atoms with van der Waals surface area (Å²) >= 11 is 5.96. The zero-order valence-electron chi connectivity index (χ0n) is 12.1. The lowest BCUT2D eigenvalue weighted by molar-refractivity contribution is -0.252. The molecule has 0 saturated carbocycles. The van der Waals surface area contributed by atoms with E-state index in [1.54, 1.807) is 22.4 Å². The lowest BCUT2D eigenvalue weighted by Crippen LogP contribution is -2.50. The lowest BCUT2D eigenvalue weighted by atomic mass is 9.97. The molecule has 1 aliphatic heterocycles. The van der Waals surface area contributed by atoms with Gasteiger partial charge in [0, 0.05) is 5.02 Å². The van der Waals surface area contributed by atoms with Gasteiger partial charge in [-0.1, -0.05) is 29.8 Å². The highest BCUT2D eigenvalue weighted by Gasteiger charge is 2.66. The molecule has 1 aromatic carbocycles. The quantitative estimate of drug-likeness (QED) is 0.726. The average Bonchev–Trinajstić information content (AvgIpc) is 2.78. The van der Waals surface area contributed by atoms with E-state index in [0.717, 1.165) is 0 Å². The van der Waals surface area contributed by atoms with Crippen LogP contribution < -0.4 is 16.6 Å². The van der Waals surface area contributed by atoms with Crippen molar-refractivity contribution < 1.29 is 23.1 Å². The minimum absolute atomic E-state index is 0.227. The molecule has 25 heavy (non-hydrogen) atoms. The molecule has 1 amide bonds. The number of hydrogen-bond acceptors (Lipinski definition) is 4. The molecular weight excluding hydrogens is 367 g/mol. The van der Waals surface area contributed by atoms with Crippen LogP contribution in [-0.2, 0) is 16.9 Å². The minimum atomic E-state index is -5.46. The molecule has 3 N–H and O–H groups in total. The van der Waals surface area contributed by atoms with Gasteiger partial charge in [0.2, 0.25) is 0 Å². The van der Waals surface area contributed by atoms with E-state index in [-0.39, 0.29) is 11.6 Å². The maximum Gasteiger partial charge on any atom is 0.431 e. The normalized spacial score (nSPS) is 19.6. The van der Waals surface area contributed by atoms with Gasteiger partial charge in [0.25, 0.3) is 17.1 Å². The molecule has 132 valence electrons. The van der Waals surface area contributed by atoms with E-state index in [0.29, 0.717) is 10.1 Å². The van der Waals surface area contributed by atoms with Crippen LogP contribution in [0, 0.1) is 0 Å². The van der Waals surface area contributed by atoms with Crippen molar-refractivity contribution in [2.24, 2.45) is 0 Å². The second-order valence-corrected chi connectivity index (χ2v) is 5.73. The fourth-order valence-corrected chi connectivity index (χ4v) is 2.76. The van der Waals surface area contributed by atoms with Gasteiger partial charge in [0.05, 0.1) is 6.54 Å². The smallest absolute Gasteiger partial charge is 0.368 e. The third kappa shape index (κ3) is 2.45. The van der Waals surface area contributed by atoms with E-state index in [9.17, 15) is 32.7 Å². The lowest BCUT2D eigenvalue weighted by Gasteiger charge is -2.22. The first-order chi connectivity index (χ1) is 11.6. The Morgan fingerprint density at radius 3 is 2.44 bits per heavy atom. The van der Waals surface area contributed by atoms with Gasteiger partial charge in [-0.2, -0.15) is 13.2 Å². The number of aromatic nitrogens is 2. The van der Waals surface area contributed by atoms with Gasteiger partial charge in [-0.25, -0.2) is 4.79 Å². The summed E-state index contributed by atoms with van der Waals surface area (Å²) in [7, 11) is 0. The summed E-state index contributed by atoms with van der Waals surface area (Å²) in [5.74, 6) is -2.59. The van der Waals surface area contributed by atoms with E-state index in [1.165, 1.54) is 12.1 Å². The van der Waals surface area contributed by atoms with Crippen LogP contribution in [0.2, 0.25) is 5.02 Å². The van der Waals surface area contributed by atoms with Crippen molar-refractivity contribution >= 4 is 23.3 Å². The molecule has 1 atom stereocenters. The zero-order valence-corrected chi connectivity index (χ0v) is 12.9.